The van der Waals surface area contributed by atoms with Gasteiger partial charge in [-0.25, -0.2) is 0 Å². The molecule has 0 aliphatic carbocycles. The summed E-state index contributed by atoms with van der Waals surface area (Å²) in [6.45, 7) is 1.82. The third-order valence-corrected chi connectivity index (χ3v) is 4.51. The summed E-state index contributed by atoms with van der Waals surface area (Å²) in [6.07, 6.45) is 0.443. The first-order valence-electron chi connectivity index (χ1n) is 7.70. The molecular formula is C15H18N6O2. The third kappa shape index (κ3) is 2.44. The molecule has 8 nitrogen and oxygen atoms in total. The molecule has 2 aliphatic heterocycles. The first-order chi connectivity index (χ1) is 11.2. The largest absolute Gasteiger partial charge is 0.374 e. The maximum absolute atomic E-state index is 12.0. The number of benzene rings is 1. The van der Waals surface area contributed by atoms with Crippen molar-refractivity contribution in [3.63, 3.8) is 0 Å². The number of fused-ring (bicyclic) bond motifs is 1. The highest BCUT2D eigenvalue weighted by Gasteiger charge is 2.41. The number of anilines is 1. The van der Waals surface area contributed by atoms with Gasteiger partial charge in [0, 0.05) is 20.1 Å². The molecule has 1 amide bonds. The fraction of sp³-hybridized carbons (Fsp3) is 0.467. The molecule has 0 saturated carbocycles. The molecule has 0 spiro atoms. The fourth-order valence-electron chi connectivity index (χ4n) is 3.23. The molecular weight excluding hydrogens is 296 g/mol. The number of para-hydroxylation sites is 1. The molecule has 0 radical (unpaired) electrons. The van der Waals surface area contributed by atoms with E-state index in [-0.39, 0.29) is 18.1 Å². The molecule has 0 unspecified atom stereocenters. The van der Waals surface area contributed by atoms with Crippen molar-refractivity contribution in [1.82, 2.24) is 25.1 Å². The van der Waals surface area contributed by atoms with Gasteiger partial charge in [0.2, 0.25) is 5.91 Å². The summed E-state index contributed by atoms with van der Waals surface area (Å²) in [5.41, 5.74) is 0.907. The Labute approximate surface area is 133 Å². The molecule has 120 valence electrons. The lowest BCUT2D eigenvalue weighted by atomic mass is 10.2. The minimum atomic E-state index is -0.00706. The van der Waals surface area contributed by atoms with Crippen molar-refractivity contribution >= 4 is 11.9 Å². The van der Waals surface area contributed by atoms with Crippen molar-refractivity contribution in [2.75, 3.05) is 31.6 Å². The molecule has 2 fully saturated rings. The zero-order valence-electron chi connectivity index (χ0n) is 12.9. The number of rotatable bonds is 2. The summed E-state index contributed by atoms with van der Waals surface area (Å²) in [7, 11) is 1.85. The van der Waals surface area contributed by atoms with Crippen molar-refractivity contribution in [1.29, 1.82) is 0 Å². The number of tetrazole rings is 1. The average Bonchev–Trinajstić information content (AvgIpc) is 3.19. The lowest BCUT2D eigenvalue weighted by Crippen LogP contribution is -2.42. The van der Waals surface area contributed by atoms with Gasteiger partial charge in [0.25, 0.3) is 5.95 Å². The molecule has 2 saturated heterocycles. The van der Waals surface area contributed by atoms with Crippen LogP contribution in [0.1, 0.15) is 6.42 Å². The van der Waals surface area contributed by atoms with Crippen LogP contribution in [-0.2, 0) is 9.53 Å². The van der Waals surface area contributed by atoms with E-state index < -0.39 is 0 Å². The van der Waals surface area contributed by atoms with Crippen molar-refractivity contribution in [2.24, 2.45) is 0 Å². The smallest absolute Gasteiger partial charge is 0.250 e. The second kappa shape index (κ2) is 5.62. The zero-order valence-corrected chi connectivity index (χ0v) is 12.9. The first-order valence-corrected chi connectivity index (χ1v) is 7.70. The van der Waals surface area contributed by atoms with E-state index in [9.17, 15) is 4.79 Å². The van der Waals surface area contributed by atoms with Crippen LogP contribution in [0.5, 0.6) is 0 Å². The number of carbonyl (C=O) groups is 1. The Balaban J connectivity index is 1.62. The predicted octanol–water partition coefficient (Wildman–Crippen LogP) is 0.0982. The van der Waals surface area contributed by atoms with Crippen LogP contribution in [0, 0.1) is 0 Å². The minimum absolute atomic E-state index is 0.00706. The van der Waals surface area contributed by atoms with E-state index in [1.165, 1.54) is 0 Å². The minimum Gasteiger partial charge on any atom is -0.374 e. The molecule has 1 aromatic carbocycles. The molecule has 2 aromatic rings. The summed E-state index contributed by atoms with van der Waals surface area (Å²) in [5.74, 6) is 0.802. The molecule has 2 aliphatic rings. The van der Waals surface area contributed by atoms with Gasteiger partial charge in [0.15, 0.2) is 0 Å². The van der Waals surface area contributed by atoms with Gasteiger partial charge in [-0.2, -0.15) is 4.68 Å². The van der Waals surface area contributed by atoms with Gasteiger partial charge in [-0.15, -0.1) is 0 Å². The van der Waals surface area contributed by atoms with Crippen LogP contribution in [0.4, 0.5) is 5.95 Å². The third-order valence-electron chi connectivity index (χ3n) is 4.51. The Morgan fingerprint density at radius 1 is 1.22 bits per heavy atom. The van der Waals surface area contributed by atoms with E-state index in [2.05, 4.69) is 20.4 Å². The monoisotopic (exact) mass is 314 g/mol. The fourth-order valence-corrected chi connectivity index (χ4v) is 3.23. The zero-order chi connectivity index (χ0) is 15.8. The summed E-state index contributed by atoms with van der Waals surface area (Å²) in [6, 6.07) is 9.80. The molecule has 0 bridgehead atoms. The molecule has 23 heavy (non-hydrogen) atoms. The SMILES string of the molecule is CN1C(=O)CCO[C@H]2CN(c3nnnn3-c3ccccc3)C[C@@H]21. The van der Waals surface area contributed by atoms with Gasteiger partial charge in [0.1, 0.15) is 0 Å². The van der Waals surface area contributed by atoms with Crippen LogP contribution >= 0.6 is 0 Å². The second-order valence-electron chi connectivity index (χ2n) is 5.86. The summed E-state index contributed by atoms with van der Waals surface area (Å²) >= 11 is 0. The van der Waals surface area contributed by atoms with E-state index in [0.29, 0.717) is 32.1 Å². The highest BCUT2D eigenvalue weighted by Crippen LogP contribution is 2.26. The number of ether oxygens (including phenoxy) is 1. The van der Waals surface area contributed by atoms with Crippen LogP contribution in [0.25, 0.3) is 5.69 Å². The van der Waals surface area contributed by atoms with E-state index in [1.54, 1.807) is 9.58 Å². The number of nitrogens with zero attached hydrogens (tertiary/aromatic N) is 6. The number of amides is 1. The Bertz CT molecular complexity index is 703. The van der Waals surface area contributed by atoms with Crippen LogP contribution in [-0.4, -0.2) is 69.9 Å². The lowest BCUT2D eigenvalue weighted by molar-refractivity contribution is -0.130. The molecule has 2 atom stereocenters. The van der Waals surface area contributed by atoms with Gasteiger partial charge < -0.3 is 14.5 Å². The Kier molecular flexibility index (Phi) is 3.45. The van der Waals surface area contributed by atoms with Crippen LogP contribution in [0.15, 0.2) is 30.3 Å². The van der Waals surface area contributed by atoms with Crippen LogP contribution in [0.3, 0.4) is 0 Å². The molecule has 0 N–H and O–H groups in total. The number of hydrogen-bond acceptors (Lipinski definition) is 6. The second-order valence-corrected chi connectivity index (χ2v) is 5.86. The van der Waals surface area contributed by atoms with Gasteiger partial charge >= 0.3 is 0 Å². The molecule has 1 aromatic heterocycles. The van der Waals surface area contributed by atoms with Crippen LogP contribution in [0.2, 0.25) is 0 Å². The standard InChI is InChI=1S/C15H18N6O2/c1-19-12-9-20(10-13(12)23-8-7-14(19)22)15-16-17-18-21(15)11-5-3-2-4-6-11/h2-6,12-13H,7-10H2,1H3/t12-,13-/m0/s1. The van der Waals surface area contributed by atoms with Crippen LogP contribution < -0.4 is 4.90 Å². The molecule has 3 heterocycles. The normalized spacial score (nSPS) is 24.7. The lowest BCUT2D eigenvalue weighted by Gasteiger charge is -2.25. The van der Waals surface area contributed by atoms with Gasteiger partial charge in [-0.3, -0.25) is 4.79 Å². The van der Waals surface area contributed by atoms with Crippen molar-refractivity contribution in [2.45, 2.75) is 18.6 Å². The first kappa shape index (κ1) is 14.1. The van der Waals surface area contributed by atoms with E-state index in [1.807, 2.05) is 37.4 Å². The molecule has 8 heteroatoms. The van der Waals surface area contributed by atoms with Crippen molar-refractivity contribution < 1.29 is 9.53 Å². The number of aromatic nitrogens is 4. The number of likely N-dealkylation sites (N-methyl/N-ethyl adjacent to an activating group) is 1. The highest BCUT2D eigenvalue weighted by atomic mass is 16.5. The Morgan fingerprint density at radius 2 is 2.04 bits per heavy atom. The Hall–Kier alpha value is -2.48. The van der Waals surface area contributed by atoms with Gasteiger partial charge in [0.05, 0.1) is 30.9 Å². The maximum Gasteiger partial charge on any atom is 0.250 e. The topological polar surface area (TPSA) is 76.4 Å². The van der Waals surface area contributed by atoms with Crippen molar-refractivity contribution in [3.8, 4) is 5.69 Å². The number of hydrogen-bond donors (Lipinski definition) is 0. The predicted molar refractivity (Wildman–Crippen MR) is 82.3 cm³/mol. The van der Waals surface area contributed by atoms with E-state index in [0.717, 1.165) is 5.69 Å². The van der Waals surface area contributed by atoms with Gasteiger partial charge in [-0.1, -0.05) is 23.3 Å². The summed E-state index contributed by atoms with van der Waals surface area (Å²) in [5, 5.41) is 12.1. The average molecular weight is 314 g/mol. The van der Waals surface area contributed by atoms with Crippen molar-refractivity contribution in [3.05, 3.63) is 30.3 Å². The molecule has 4 rings (SSSR count). The Morgan fingerprint density at radius 3 is 2.87 bits per heavy atom. The maximum atomic E-state index is 12.0. The van der Waals surface area contributed by atoms with E-state index in [4.69, 9.17) is 4.74 Å². The summed E-state index contributed by atoms with van der Waals surface area (Å²) in [4.78, 5) is 15.9. The number of carbonyl (C=O) groups excluding carboxylic acids is 1. The van der Waals surface area contributed by atoms with Gasteiger partial charge in [-0.05, 0) is 22.6 Å². The quantitative estimate of drug-likeness (QED) is 0.782. The highest BCUT2D eigenvalue weighted by molar-refractivity contribution is 5.77. The van der Waals surface area contributed by atoms with E-state index >= 15 is 0 Å². The summed E-state index contributed by atoms with van der Waals surface area (Å²) < 4.78 is 7.57.